The number of halogens is 6. The van der Waals surface area contributed by atoms with Crippen molar-refractivity contribution in [2.75, 3.05) is 52.0 Å². The van der Waals surface area contributed by atoms with Crippen LogP contribution >= 0.6 is 23.2 Å². The van der Waals surface area contributed by atoms with Crippen molar-refractivity contribution in [1.82, 2.24) is 25.3 Å². The predicted molar refractivity (Wildman–Crippen MR) is 253 cm³/mol. The average Bonchev–Trinajstić information content (AvgIpc) is 4.07. The topological polar surface area (TPSA) is 159 Å². The molecule has 0 aliphatic carbocycles. The average molecular weight is 1010 g/mol. The molecule has 7 aromatic rings. The van der Waals surface area contributed by atoms with Gasteiger partial charge in [-0.25, -0.2) is 16.8 Å². The Morgan fingerprint density at radius 2 is 1.09 bits per heavy atom. The van der Waals surface area contributed by atoms with Gasteiger partial charge in [0.05, 0.1) is 40.3 Å². The minimum absolute atomic E-state index is 0.0290. The fraction of sp³-hybridized carbons (Fsp3) is 0.217. The van der Waals surface area contributed by atoms with Gasteiger partial charge in [0, 0.05) is 54.9 Å². The van der Waals surface area contributed by atoms with Crippen LogP contribution in [0.5, 0.6) is 0 Å². The number of aromatic nitrogens is 4. The van der Waals surface area contributed by atoms with E-state index >= 15 is 0 Å². The van der Waals surface area contributed by atoms with E-state index in [-0.39, 0.29) is 30.6 Å². The standard InChI is InChI=1S/C28H27Cl2F2N5O3S.C18H15F2N3O3S/c29-24-11-10-23(18-25(24)30)36-14-12-35(13-15-36)16-17-41(38,39)37(22-4-2-1-3-5-22)19-20-6-8-21(9-7-20)27-33-34-28(40-27)26(31)32;1-2-27(24,25)23(15-6-4-3-5-7-15)12-13-8-10-14(11-9-13)17-21-22-18(26-17)16(19)20/h1-11,18,26H,12-17,19H2;2-11,16H,1,12H2. The number of rotatable bonds is 17. The van der Waals surface area contributed by atoms with Crippen LogP contribution in [0.25, 0.3) is 22.9 Å². The number of alkyl halides is 4. The second-order valence-corrected chi connectivity index (χ2v) is 19.7. The third-order valence-electron chi connectivity index (χ3n) is 10.6. The third kappa shape index (κ3) is 12.6. The van der Waals surface area contributed by atoms with E-state index in [4.69, 9.17) is 32.0 Å². The van der Waals surface area contributed by atoms with E-state index in [1.807, 2.05) is 18.2 Å². The van der Waals surface area contributed by atoms with E-state index in [1.165, 1.54) is 8.61 Å². The summed E-state index contributed by atoms with van der Waals surface area (Å²) < 4.78 is 115. The lowest BCUT2D eigenvalue weighted by Crippen LogP contribution is -2.48. The van der Waals surface area contributed by atoms with Crippen LogP contribution in [0.2, 0.25) is 10.0 Å². The second-order valence-electron chi connectivity index (χ2n) is 15.0. The van der Waals surface area contributed by atoms with Crippen molar-refractivity contribution in [3.05, 3.63) is 172 Å². The molecule has 356 valence electrons. The van der Waals surface area contributed by atoms with Gasteiger partial charge in [-0.3, -0.25) is 13.5 Å². The summed E-state index contributed by atoms with van der Waals surface area (Å²) in [6.45, 7) is 6.85. The van der Waals surface area contributed by atoms with Gasteiger partial charge in [0.1, 0.15) is 0 Å². The molecule has 0 saturated carbocycles. The first-order valence-electron chi connectivity index (χ1n) is 20.7. The normalized spacial score (nSPS) is 13.3. The van der Waals surface area contributed by atoms with Crippen LogP contribution < -0.4 is 13.5 Å². The quantitative estimate of drug-likeness (QED) is 0.0796. The largest absolute Gasteiger partial charge is 0.415 e. The van der Waals surface area contributed by atoms with Crippen LogP contribution in [0, 0.1) is 0 Å². The molecule has 14 nitrogen and oxygen atoms in total. The summed E-state index contributed by atoms with van der Waals surface area (Å²) >= 11 is 12.2. The van der Waals surface area contributed by atoms with Crippen molar-refractivity contribution >= 4 is 60.3 Å². The van der Waals surface area contributed by atoms with Gasteiger partial charge in [-0.05, 0) is 77.9 Å². The number of anilines is 3. The molecule has 0 atom stereocenters. The molecule has 0 radical (unpaired) electrons. The van der Waals surface area contributed by atoms with Crippen LogP contribution in [-0.2, 0) is 33.1 Å². The number of benzene rings is 5. The fourth-order valence-corrected chi connectivity index (χ4v) is 9.65. The summed E-state index contributed by atoms with van der Waals surface area (Å²) in [6, 6.07) is 36.3. The molecule has 0 bridgehead atoms. The Hall–Kier alpha value is -6.32. The molecule has 3 heterocycles. The Bertz CT molecular complexity index is 2980. The SMILES string of the molecule is C=CS(=O)(=O)N(Cc1ccc(-c2nnc(C(F)F)o2)cc1)c1ccccc1.O=S(=O)(CCN1CCN(c2ccc(Cl)c(Cl)c2)CC1)N(Cc1ccc(-c2nnc(C(F)F)o2)cc1)c1ccccc1. The molecule has 0 unspecified atom stereocenters. The number of sulfonamides is 2. The molecule has 1 aliphatic heterocycles. The van der Waals surface area contributed by atoms with E-state index < -0.39 is 44.7 Å². The highest BCUT2D eigenvalue weighted by Gasteiger charge is 2.27. The van der Waals surface area contributed by atoms with Crippen LogP contribution in [0.4, 0.5) is 34.6 Å². The first kappa shape index (κ1) is 49.6. The van der Waals surface area contributed by atoms with E-state index in [0.717, 1.165) is 24.2 Å². The van der Waals surface area contributed by atoms with Gasteiger partial charge in [0.15, 0.2) is 0 Å². The van der Waals surface area contributed by atoms with Gasteiger partial charge in [0.25, 0.3) is 21.8 Å². The smallest absolute Gasteiger partial charge is 0.314 e. The molecule has 5 aromatic carbocycles. The molecule has 1 aliphatic rings. The summed E-state index contributed by atoms with van der Waals surface area (Å²) in [5.74, 6) is -1.61. The highest BCUT2D eigenvalue weighted by molar-refractivity contribution is 7.95. The Morgan fingerprint density at radius 3 is 1.53 bits per heavy atom. The predicted octanol–water partition coefficient (Wildman–Crippen LogP) is 10.3. The lowest BCUT2D eigenvalue weighted by molar-refractivity contribution is 0.115. The van der Waals surface area contributed by atoms with E-state index in [9.17, 15) is 34.4 Å². The van der Waals surface area contributed by atoms with E-state index in [2.05, 4.69) is 36.8 Å². The van der Waals surface area contributed by atoms with Gasteiger partial charge in [-0.15, -0.1) is 20.4 Å². The fourth-order valence-electron chi connectivity index (χ4n) is 6.94. The van der Waals surface area contributed by atoms with Gasteiger partial charge < -0.3 is 13.7 Å². The van der Waals surface area contributed by atoms with Crippen LogP contribution in [-0.4, -0.2) is 80.6 Å². The summed E-state index contributed by atoms with van der Waals surface area (Å²) in [5, 5.41) is 15.8. The Labute approximate surface area is 400 Å². The zero-order valence-corrected chi connectivity index (χ0v) is 39.0. The molecule has 22 heteroatoms. The first-order valence-corrected chi connectivity index (χ1v) is 24.6. The first-order chi connectivity index (χ1) is 32.6. The minimum atomic E-state index is -3.71. The molecular formula is C46H42Cl2F4N8O6S2. The zero-order chi connectivity index (χ0) is 48.4. The molecule has 2 aromatic heterocycles. The van der Waals surface area contributed by atoms with Gasteiger partial charge in [0.2, 0.25) is 21.8 Å². The molecule has 0 N–H and O–H groups in total. The van der Waals surface area contributed by atoms with Crippen molar-refractivity contribution in [2.45, 2.75) is 25.9 Å². The van der Waals surface area contributed by atoms with Crippen LogP contribution in [0.3, 0.4) is 0 Å². The molecule has 8 rings (SSSR count). The van der Waals surface area contributed by atoms with Gasteiger partial charge in [-0.1, -0.05) is 90.4 Å². The van der Waals surface area contributed by atoms with Crippen molar-refractivity contribution in [3.8, 4) is 22.9 Å². The van der Waals surface area contributed by atoms with Gasteiger partial charge >= 0.3 is 12.9 Å². The number of hydrogen-bond donors (Lipinski definition) is 0. The van der Waals surface area contributed by atoms with Crippen molar-refractivity contribution in [3.63, 3.8) is 0 Å². The van der Waals surface area contributed by atoms with Crippen molar-refractivity contribution in [2.24, 2.45) is 0 Å². The maximum atomic E-state index is 13.6. The maximum Gasteiger partial charge on any atom is 0.314 e. The highest BCUT2D eigenvalue weighted by Crippen LogP contribution is 2.30. The maximum absolute atomic E-state index is 13.6. The highest BCUT2D eigenvalue weighted by atomic mass is 35.5. The Kier molecular flexibility index (Phi) is 16.2. The van der Waals surface area contributed by atoms with Gasteiger partial charge in [-0.2, -0.15) is 17.6 Å². The number of piperazine rings is 1. The number of hydrogen-bond acceptors (Lipinski definition) is 12. The molecule has 0 amide bonds. The van der Waals surface area contributed by atoms with Crippen molar-refractivity contribution in [1.29, 1.82) is 0 Å². The van der Waals surface area contributed by atoms with Crippen molar-refractivity contribution < 1.29 is 43.2 Å². The van der Waals surface area contributed by atoms with Crippen LogP contribution in [0.1, 0.15) is 35.8 Å². The number of para-hydroxylation sites is 2. The second kappa shape index (κ2) is 22.2. The monoisotopic (exact) mass is 1010 g/mol. The third-order valence-corrected chi connectivity index (χ3v) is 14.4. The Balaban J connectivity index is 0.000000220. The summed E-state index contributed by atoms with van der Waals surface area (Å²) in [7, 11) is -7.40. The summed E-state index contributed by atoms with van der Waals surface area (Å²) in [4.78, 5) is 4.34. The number of nitrogens with zero attached hydrogens (tertiary/aromatic N) is 8. The van der Waals surface area contributed by atoms with E-state index in [1.54, 1.807) is 109 Å². The molecule has 1 fully saturated rings. The van der Waals surface area contributed by atoms with E-state index in [0.29, 0.717) is 63.3 Å². The molecule has 0 spiro atoms. The zero-order valence-electron chi connectivity index (χ0n) is 35.8. The molecule has 68 heavy (non-hydrogen) atoms. The van der Waals surface area contributed by atoms with Crippen LogP contribution in [0.15, 0.2) is 148 Å². The molecular weight excluding hydrogens is 972 g/mol. The summed E-state index contributed by atoms with van der Waals surface area (Å²) in [6.07, 6.45) is -5.69. The lowest BCUT2D eigenvalue weighted by Gasteiger charge is -2.36. The Morgan fingerprint density at radius 1 is 0.618 bits per heavy atom. The summed E-state index contributed by atoms with van der Waals surface area (Å²) in [5.41, 5.74) is 4.35. The lowest BCUT2D eigenvalue weighted by atomic mass is 10.1. The molecule has 1 saturated heterocycles. The minimum Gasteiger partial charge on any atom is -0.415 e.